The van der Waals surface area contributed by atoms with Crippen molar-refractivity contribution in [2.75, 3.05) is 6.54 Å². The van der Waals surface area contributed by atoms with Crippen LogP contribution in [0.5, 0.6) is 0 Å². The third kappa shape index (κ3) is 3.39. The second-order valence-electron chi connectivity index (χ2n) is 9.30. The SMILES string of the molecule is Cc1ccc(C(=O)CN(C(=O)c2ccccc2[N+](=O)[O-])N2C(=O)[C@@H]3[C@H]4CC[C@@H](C4)[C@@H]3C2=O)cc1. The van der Waals surface area contributed by atoms with Gasteiger partial charge >= 0.3 is 0 Å². The van der Waals surface area contributed by atoms with E-state index >= 15 is 0 Å². The standard InChI is InChI=1S/C25H23N3O6/c1-14-6-8-15(9-7-14)20(29)13-26(23(30)18-4-2-3-5-19(18)28(33)34)27-24(31)21-16-10-11-17(12-16)22(21)25(27)32/h2-9,16-17,21-22H,10-13H2,1H3/t16-,17-,21-,22+/m0/s1. The Kier molecular flexibility index (Phi) is 5.27. The van der Waals surface area contributed by atoms with Crippen LogP contribution in [0.1, 0.15) is 45.5 Å². The summed E-state index contributed by atoms with van der Waals surface area (Å²) in [5, 5.41) is 13.2. The van der Waals surface area contributed by atoms with Gasteiger partial charge in [0.2, 0.25) is 0 Å². The summed E-state index contributed by atoms with van der Waals surface area (Å²) in [5.74, 6) is -3.21. The number of nitro groups is 1. The Labute approximate surface area is 195 Å². The van der Waals surface area contributed by atoms with Gasteiger partial charge in [-0.3, -0.25) is 29.3 Å². The van der Waals surface area contributed by atoms with E-state index in [1.54, 1.807) is 24.3 Å². The van der Waals surface area contributed by atoms with E-state index in [4.69, 9.17) is 0 Å². The first-order chi connectivity index (χ1) is 16.3. The van der Waals surface area contributed by atoms with Crippen LogP contribution < -0.4 is 0 Å². The average molecular weight is 461 g/mol. The zero-order valence-corrected chi connectivity index (χ0v) is 18.5. The van der Waals surface area contributed by atoms with Gasteiger partial charge in [-0.2, -0.15) is 5.01 Å². The fraction of sp³-hybridized carbons (Fsp3) is 0.360. The molecule has 2 aliphatic carbocycles. The zero-order chi connectivity index (χ0) is 24.1. The van der Waals surface area contributed by atoms with E-state index in [-0.39, 0.29) is 17.4 Å². The summed E-state index contributed by atoms with van der Waals surface area (Å²) in [7, 11) is 0. The van der Waals surface area contributed by atoms with Crippen LogP contribution in [0.2, 0.25) is 0 Å². The van der Waals surface area contributed by atoms with E-state index in [1.807, 2.05) is 6.92 Å². The van der Waals surface area contributed by atoms with Crippen LogP contribution in [-0.2, 0) is 9.59 Å². The van der Waals surface area contributed by atoms with E-state index in [9.17, 15) is 29.3 Å². The highest BCUT2D eigenvalue weighted by atomic mass is 16.6. The van der Waals surface area contributed by atoms with Gasteiger partial charge < -0.3 is 0 Å². The van der Waals surface area contributed by atoms with Crippen molar-refractivity contribution in [3.63, 3.8) is 0 Å². The molecule has 1 saturated heterocycles. The number of hydrogen-bond donors (Lipinski definition) is 0. The van der Waals surface area contributed by atoms with Gasteiger partial charge in [0.15, 0.2) is 5.78 Å². The molecule has 0 unspecified atom stereocenters. The molecule has 2 bridgehead atoms. The number of aryl methyl sites for hydroxylation is 1. The molecule has 3 aliphatic rings. The molecule has 0 N–H and O–H groups in total. The molecule has 2 aromatic rings. The lowest BCUT2D eigenvalue weighted by atomic mass is 9.81. The molecule has 3 amide bonds. The molecule has 34 heavy (non-hydrogen) atoms. The summed E-state index contributed by atoms with van der Waals surface area (Å²) >= 11 is 0. The highest BCUT2D eigenvalue weighted by Crippen LogP contribution is 2.56. The lowest BCUT2D eigenvalue weighted by Crippen LogP contribution is -2.52. The van der Waals surface area contributed by atoms with E-state index in [2.05, 4.69) is 0 Å². The fourth-order valence-electron chi connectivity index (χ4n) is 5.78. The topological polar surface area (TPSA) is 118 Å². The molecular formula is C25H23N3O6. The molecule has 5 rings (SSSR count). The molecular weight excluding hydrogens is 438 g/mol. The number of fused-ring (bicyclic) bond motifs is 5. The fourth-order valence-corrected chi connectivity index (χ4v) is 5.78. The average Bonchev–Trinajstić information content (AvgIpc) is 3.51. The highest BCUT2D eigenvalue weighted by Gasteiger charge is 2.62. The zero-order valence-electron chi connectivity index (χ0n) is 18.5. The predicted molar refractivity (Wildman–Crippen MR) is 119 cm³/mol. The Hall–Kier alpha value is -3.88. The molecule has 4 atom stereocenters. The summed E-state index contributed by atoms with van der Waals surface area (Å²) in [6.45, 7) is 1.29. The van der Waals surface area contributed by atoms with Gasteiger partial charge in [0.1, 0.15) is 12.1 Å². The lowest BCUT2D eigenvalue weighted by molar-refractivity contribution is -0.385. The number of rotatable bonds is 6. The molecule has 0 radical (unpaired) electrons. The van der Waals surface area contributed by atoms with Crippen molar-refractivity contribution < 1.29 is 24.1 Å². The van der Waals surface area contributed by atoms with Crippen LogP contribution in [-0.4, -0.2) is 45.0 Å². The number of nitrogens with zero attached hydrogens (tertiary/aromatic N) is 3. The van der Waals surface area contributed by atoms with Gasteiger partial charge in [0.05, 0.1) is 16.8 Å². The molecule has 3 fully saturated rings. The Morgan fingerprint density at radius 2 is 1.59 bits per heavy atom. The monoisotopic (exact) mass is 461 g/mol. The minimum absolute atomic E-state index is 0.0901. The van der Waals surface area contributed by atoms with Crippen LogP contribution in [0.15, 0.2) is 48.5 Å². The summed E-state index contributed by atoms with van der Waals surface area (Å²) < 4.78 is 0. The Bertz CT molecular complexity index is 1200. The van der Waals surface area contributed by atoms with Gasteiger partial charge in [-0.05, 0) is 44.1 Å². The second-order valence-corrected chi connectivity index (χ2v) is 9.30. The number of carbonyl (C=O) groups excluding carboxylic acids is 4. The summed E-state index contributed by atoms with van der Waals surface area (Å²) in [6.07, 6.45) is 2.54. The second kappa shape index (κ2) is 8.16. The molecule has 174 valence electrons. The van der Waals surface area contributed by atoms with Crippen LogP contribution in [0.25, 0.3) is 0 Å². The number of amides is 3. The minimum atomic E-state index is -0.929. The maximum atomic E-state index is 13.6. The summed E-state index contributed by atoms with van der Waals surface area (Å²) in [4.78, 5) is 64.4. The van der Waals surface area contributed by atoms with Crippen molar-refractivity contribution in [3.05, 3.63) is 75.3 Å². The Balaban J connectivity index is 1.54. The maximum Gasteiger partial charge on any atom is 0.282 e. The van der Waals surface area contributed by atoms with E-state index < -0.39 is 52.5 Å². The molecule has 2 saturated carbocycles. The minimum Gasteiger partial charge on any atom is -0.292 e. The van der Waals surface area contributed by atoms with Crippen molar-refractivity contribution in [2.24, 2.45) is 23.7 Å². The molecule has 1 heterocycles. The van der Waals surface area contributed by atoms with Crippen LogP contribution >= 0.6 is 0 Å². The van der Waals surface area contributed by atoms with Gasteiger partial charge in [-0.25, -0.2) is 5.01 Å². The van der Waals surface area contributed by atoms with Gasteiger partial charge in [0.25, 0.3) is 23.4 Å². The van der Waals surface area contributed by atoms with Gasteiger partial charge in [0, 0.05) is 11.6 Å². The quantitative estimate of drug-likeness (QED) is 0.282. The normalized spacial score (nSPS) is 24.9. The molecule has 0 spiro atoms. The molecule has 9 heteroatoms. The van der Waals surface area contributed by atoms with Crippen molar-refractivity contribution in [1.29, 1.82) is 0 Å². The Morgan fingerprint density at radius 1 is 1.00 bits per heavy atom. The first kappa shape index (κ1) is 21.9. The third-order valence-corrected chi connectivity index (χ3v) is 7.38. The largest absolute Gasteiger partial charge is 0.292 e. The van der Waals surface area contributed by atoms with Crippen LogP contribution in [0.3, 0.4) is 0 Å². The lowest BCUT2D eigenvalue weighted by Gasteiger charge is -2.30. The third-order valence-electron chi connectivity index (χ3n) is 7.38. The number of hydrogen-bond acceptors (Lipinski definition) is 6. The van der Waals surface area contributed by atoms with Gasteiger partial charge in [-0.1, -0.05) is 42.0 Å². The first-order valence-electron chi connectivity index (χ1n) is 11.3. The number of para-hydroxylation sites is 1. The smallest absolute Gasteiger partial charge is 0.282 e. The summed E-state index contributed by atoms with van der Waals surface area (Å²) in [5.41, 5.74) is 0.507. The Morgan fingerprint density at radius 3 is 2.18 bits per heavy atom. The number of ketones is 1. The van der Waals surface area contributed by atoms with E-state index in [0.717, 1.165) is 34.8 Å². The number of carbonyl (C=O) groups is 4. The van der Waals surface area contributed by atoms with Crippen molar-refractivity contribution in [2.45, 2.75) is 26.2 Å². The number of nitro benzene ring substituents is 1. The van der Waals surface area contributed by atoms with Crippen LogP contribution in [0.4, 0.5) is 5.69 Å². The molecule has 0 aromatic heterocycles. The number of imide groups is 1. The number of Topliss-reactive ketones (excluding diaryl/α,β-unsaturated/α-hetero) is 1. The maximum absolute atomic E-state index is 13.6. The molecule has 2 aromatic carbocycles. The summed E-state index contributed by atoms with van der Waals surface area (Å²) in [6, 6.07) is 12.0. The number of benzene rings is 2. The van der Waals surface area contributed by atoms with Crippen molar-refractivity contribution >= 4 is 29.2 Å². The highest BCUT2D eigenvalue weighted by molar-refractivity contribution is 6.10. The van der Waals surface area contributed by atoms with Gasteiger partial charge in [-0.15, -0.1) is 0 Å². The first-order valence-corrected chi connectivity index (χ1v) is 11.3. The van der Waals surface area contributed by atoms with Crippen molar-refractivity contribution in [3.8, 4) is 0 Å². The molecule has 1 aliphatic heterocycles. The van der Waals surface area contributed by atoms with Crippen LogP contribution in [0, 0.1) is 40.7 Å². The predicted octanol–water partition coefficient (Wildman–Crippen LogP) is 3.17. The van der Waals surface area contributed by atoms with E-state index in [0.29, 0.717) is 5.56 Å². The van der Waals surface area contributed by atoms with E-state index in [1.165, 1.54) is 24.3 Å². The van der Waals surface area contributed by atoms with Crippen molar-refractivity contribution in [1.82, 2.24) is 10.0 Å². The number of hydrazine groups is 1. The molecule has 9 nitrogen and oxygen atoms in total.